The number of hydrogen-bond donors (Lipinski definition) is 1. The van der Waals surface area contributed by atoms with Crippen molar-refractivity contribution in [3.8, 4) is 5.75 Å². The van der Waals surface area contributed by atoms with E-state index < -0.39 is 11.2 Å². The van der Waals surface area contributed by atoms with Gasteiger partial charge in [-0.25, -0.2) is 4.39 Å². The van der Waals surface area contributed by atoms with Crippen molar-refractivity contribution in [3.05, 3.63) is 29.6 Å². The molecule has 0 amide bonds. The van der Waals surface area contributed by atoms with E-state index in [4.69, 9.17) is 10.5 Å². The van der Waals surface area contributed by atoms with E-state index in [-0.39, 0.29) is 5.78 Å². The monoisotopic (exact) mass is 223 g/mol. The number of carbonyl (C=O) groups is 1. The first-order valence-electron chi connectivity index (χ1n) is 5.21. The van der Waals surface area contributed by atoms with Gasteiger partial charge < -0.3 is 10.5 Å². The number of halogens is 1. The molecular formula is C12H14FNO2. The molecule has 0 radical (unpaired) electrons. The summed E-state index contributed by atoms with van der Waals surface area (Å²) in [5.41, 5.74) is 5.41. The molecule has 0 atom stereocenters. The van der Waals surface area contributed by atoms with Crippen molar-refractivity contribution in [1.29, 1.82) is 0 Å². The largest absolute Gasteiger partial charge is 0.496 e. The fourth-order valence-corrected chi connectivity index (χ4v) is 1.82. The Kier molecular flexibility index (Phi) is 2.68. The Labute approximate surface area is 93.4 Å². The molecule has 4 heteroatoms. The fourth-order valence-electron chi connectivity index (χ4n) is 1.82. The highest BCUT2D eigenvalue weighted by molar-refractivity contribution is 6.04. The number of carbonyl (C=O) groups excluding carboxylic acids is 1. The van der Waals surface area contributed by atoms with Gasteiger partial charge in [0.2, 0.25) is 0 Å². The topological polar surface area (TPSA) is 52.3 Å². The maximum Gasteiger partial charge on any atom is 0.174 e. The van der Waals surface area contributed by atoms with Gasteiger partial charge in [0.1, 0.15) is 11.6 Å². The maximum atomic E-state index is 13.1. The Bertz CT molecular complexity index is 427. The highest BCUT2D eigenvalue weighted by Gasteiger charge is 2.49. The lowest BCUT2D eigenvalue weighted by molar-refractivity contribution is 0.0902. The quantitative estimate of drug-likeness (QED) is 0.791. The van der Waals surface area contributed by atoms with Crippen LogP contribution in [-0.2, 0) is 0 Å². The molecule has 2 rings (SSSR count). The molecule has 86 valence electrons. The van der Waals surface area contributed by atoms with Crippen LogP contribution in [0, 0.1) is 11.2 Å². The summed E-state index contributed by atoms with van der Waals surface area (Å²) in [6.45, 7) is 0.311. The van der Waals surface area contributed by atoms with E-state index in [2.05, 4.69) is 0 Å². The smallest absolute Gasteiger partial charge is 0.174 e. The Morgan fingerprint density at radius 2 is 2.25 bits per heavy atom. The van der Waals surface area contributed by atoms with Gasteiger partial charge in [0.25, 0.3) is 0 Å². The van der Waals surface area contributed by atoms with Crippen molar-refractivity contribution in [2.45, 2.75) is 12.8 Å². The number of nitrogens with two attached hydrogens (primary N) is 1. The molecule has 2 N–H and O–H groups in total. The summed E-state index contributed by atoms with van der Waals surface area (Å²) >= 11 is 0. The summed E-state index contributed by atoms with van der Waals surface area (Å²) in [4.78, 5) is 12.2. The highest BCUT2D eigenvalue weighted by Crippen LogP contribution is 2.48. The Morgan fingerprint density at radius 1 is 1.56 bits per heavy atom. The van der Waals surface area contributed by atoms with Gasteiger partial charge in [-0.1, -0.05) is 0 Å². The fraction of sp³-hybridized carbons (Fsp3) is 0.417. The maximum absolute atomic E-state index is 13.1. The zero-order valence-electron chi connectivity index (χ0n) is 9.13. The van der Waals surface area contributed by atoms with E-state index in [1.165, 1.54) is 25.3 Å². The van der Waals surface area contributed by atoms with Gasteiger partial charge in [-0.3, -0.25) is 4.79 Å². The molecule has 3 nitrogen and oxygen atoms in total. The summed E-state index contributed by atoms with van der Waals surface area (Å²) in [5, 5.41) is 0. The van der Waals surface area contributed by atoms with Gasteiger partial charge in [0, 0.05) is 12.0 Å². The van der Waals surface area contributed by atoms with E-state index in [1.807, 2.05) is 0 Å². The van der Waals surface area contributed by atoms with E-state index in [0.717, 1.165) is 12.8 Å². The molecule has 0 heterocycles. The molecule has 1 aliphatic carbocycles. The van der Waals surface area contributed by atoms with E-state index in [1.54, 1.807) is 0 Å². The number of Topliss-reactive ketones (excluding diaryl/α,β-unsaturated/α-hetero) is 1. The second-order valence-corrected chi connectivity index (χ2v) is 4.16. The van der Waals surface area contributed by atoms with Gasteiger partial charge in [-0.15, -0.1) is 0 Å². The Balaban J connectivity index is 2.39. The van der Waals surface area contributed by atoms with E-state index in [0.29, 0.717) is 17.9 Å². The summed E-state index contributed by atoms with van der Waals surface area (Å²) in [7, 11) is 1.46. The molecule has 0 saturated heterocycles. The first-order valence-corrected chi connectivity index (χ1v) is 5.21. The minimum atomic E-state index is -0.471. The molecule has 0 unspecified atom stereocenters. The van der Waals surface area contributed by atoms with Crippen LogP contribution in [0.2, 0.25) is 0 Å². The molecule has 1 aromatic rings. The first kappa shape index (κ1) is 11.1. The summed E-state index contributed by atoms with van der Waals surface area (Å²) in [6.07, 6.45) is 1.56. The molecule has 1 fully saturated rings. The van der Waals surface area contributed by atoms with Crippen LogP contribution in [0.4, 0.5) is 4.39 Å². The van der Waals surface area contributed by atoms with Crippen molar-refractivity contribution in [1.82, 2.24) is 0 Å². The second-order valence-electron chi connectivity index (χ2n) is 4.16. The van der Waals surface area contributed by atoms with Gasteiger partial charge in [-0.05, 0) is 31.0 Å². The third-order valence-electron chi connectivity index (χ3n) is 3.13. The Morgan fingerprint density at radius 3 is 2.75 bits per heavy atom. The van der Waals surface area contributed by atoms with Gasteiger partial charge in [0.15, 0.2) is 5.78 Å². The van der Waals surface area contributed by atoms with Crippen LogP contribution in [0.1, 0.15) is 23.2 Å². The van der Waals surface area contributed by atoms with Crippen LogP contribution in [0.15, 0.2) is 18.2 Å². The zero-order chi connectivity index (χ0) is 11.8. The summed E-state index contributed by atoms with van der Waals surface area (Å²) in [5.74, 6) is -0.130. The molecule has 0 aromatic heterocycles. The van der Waals surface area contributed by atoms with Crippen LogP contribution >= 0.6 is 0 Å². The van der Waals surface area contributed by atoms with Crippen LogP contribution in [0.25, 0.3) is 0 Å². The van der Waals surface area contributed by atoms with Crippen LogP contribution in [-0.4, -0.2) is 19.4 Å². The van der Waals surface area contributed by atoms with Crippen molar-refractivity contribution in [2.75, 3.05) is 13.7 Å². The lowest BCUT2D eigenvalue weighted by Crippen LogP contribution is -2.25. The minimum absolute atomic E-state index is 0.105. The molecule has 0 bridgehead atoms. The van der Waals surface area contributed by atoms with Gasteiger partial charge in [0.05, 0.1) is 12.7 Å². The lowest BCUT2D eigenvalue weighted by Gasteiger charge is -2.13. The average molecular weight is 223 g/mol. The molecule has 1 aromatic carbocycles. The molecule has 16 heavy (non-hydrogen) atoms. The van der Waals surface area contributed by atoms with Crippen LogP contribution < -0.4 is 10.5 Å². The Hall–Kier alpha value is -1.42. The van der Waals surface area contributed by atoms with E-state index in [9.17, 15) is 9.18 Å². The number of ketones is 1. The summed E-state index contributed by atoms with van der Waals surface area (Å²) in [6, 6.07) is 3.96. The summed E-state index contributed by atoms with van der Waals surface area (Å²) < 4.78 is 18.2. The van der Waals surface area contributed by atoms with E-state index >= 15 is 0 Å². The third-order valence-corrected chi connectivity index (χ3v) is 3.13. The first-order chi connectivity index (χ1) is 7.63. The lowest BCUT2D eigenvalue weighted by atomic mass is 9.94. The number of hydrogen-bond acceptors (Lipinski definition) is 3. The van der Waals surface area contributed by atoms with Crippen molar-refractivity contribution < 1.29 is 13.9 Å². The van der Waals surface area contributed by atoms with Gasteiger partial charge in [-0.2, -0.15) is 0 Å². The molecule has 1 saturated carbocycles. The van der Waals surface area contributed by atoms with Crippen molar-refractivity contribution in [3.63, 3.8) is 0 Å². The van der Waals surface area contributed by atoms with Crippen molar-refractivity contribution in [2.24, 2.45) is 11.1 Å². The van der Waals surface area contributed by atoms with Crippen LogP contribution in [0.5, 0.6) is 5.75 Å². The normalized spacial score (nSPS) is 16.9. The standard InChI is InChI=1S/C12H14FNO2/c1-16-10-3-2-8(13)6-9(10)11(15)12(7-14)4-5-12/h2-3,6H,4-5,7,14H2,1H3. The molecule has 1 aliphatic rings. The SMILES string of the molecule is COc1ccc(F)cc1C(=O)C1(CN)CC1. The zero-order valence-corrected chi connectivity index (χ0v) is 9.13. The molecule has 0 spiro atoms. The van der Waals surface area contributed by atoms with Crippen LogP contribution in [0.3, 0.4) is 0 Å². The molecule has 0 aliphatic heterocycles. The number of rotatable bonds is 4. The minimum Gasteiger partial charge on any atom is -0.496 e. The number of benzene rings is 1. The highest BCUT2D eigenvalue weighted by atomic mass is 19.1. The predicted octanol–water partition coefficient (Wildman–Crippen LogP) is 1.76. The van der Waals surface area contributed by atoms with Crippen molar-refractivity contribution >= 4 is 5.78 Å². The van der Waals surface area contributed by atoms with Gasteiger partial charge >= 0.3 is 0 Å². The number of methoxy groups -OCH3 is 1. The molecular weight excluding hydrogens is 209 g/mol. The second kappa shape index (κ2) is 3.87. The third kappa shape index (κ3) is 1.69. The average Bonchev–Trinajstić information content (AvgIpc) is 3.09. The number of ether oxygens (including phenoxy) is 1. The predicted molar refractivity (Wildman–Crippen MR) is 58.0 cm³/mol.